The van der Waals surface area contributed by atoms with Gasteiger partial charge < -0.3 is 15.2 Å². The number of thiophene rings is 1. The summed E-state index contributed by atoms with van der Waals surface area (Å²) in [6.45, 7) is 3.83. The molecule has 0 aliphatic carbocycles. The van der Waals surface area contributed by atoms with Crippen LogP contribution in [0.2, 0.25) is 0 Å². The lowest BCUT2D eigenvalue weighted by Gasteiger charge is -2.14. The van der Waals surface area contributed by atoms with Crippen LogP contribution < -0.4 is 10.1 Å². The van der Waals surface area contributed by atoms with E-state index in [0.717, 1.165) is 9.75 Å². The van der Waals surface area contributed by atoms with Crippen molar-refractivity contribution in [3.05, 3.63) is 70.3 Å². The largest absolute Gasteiger partial charge is 0.437 e. The zero-order chi connectivity index (χ0) is 18.6. The monoisotopic (exact) mass is 369 g/mol. The lowest BCUT2D eigenvalue weighted by Crippen LogP contribution is -2.23. The molecule has 0 radical (unpaired) electrons. The zero-order valence-corrected chi connectivity index (χ0v) is 15.3. The van der Waals surface area contributed by atoms with Gasteiger partial charge in [-0.3, -0.25) is 9.78 Å². The number of rotatable bonds is 6. The second-order valence-corrected chi connectivity index (χ2v) is 7.32. The molecular weight excluding hydrogens is 350 g/mol. The molecule has 6 nitrogen and oxygen atoms in total. The number of hydrogen-bond donors (Lipinski definition) is 2. The SMILES string of the molecule is CC(C)(O)c1ccc(CNC(=O)c2cccnc2Oc2cccnc2)s1. The molecule has 0 atom stereocenters. The minimum Gasteiger partial charge on any atom is -0.437 e. The molecule has 0 unspecified atom stereocenters. The first-order chi connectivity index (χ1) is 12.4. The Labute approximate surface area is 155 Å². The lowest BCUT2D eigenvalue weighted by atomic mass is 10.1. The maximum absolute atomic E-state index is 12.5. The van der Waals surface area contributed by atoms with Gasteiger partial charge in [0.2, 0.25) is 5.88 Å². The molecule has 0 aliphatic heterocycles. The van der Waals surface area contributed by atoms with Crippen LogP contribution >= 0.6 is 11.3 Å². The van der Waals surface area contributed by atoms with Crippen molar-refractivity contribution in [2.75, 3.05) is 0 Å². The maximum Gasteiger partial charge on any atom is 0.257 e. The molecule has 2 N–H and O–H groups in total. The molecule has 0 aromatic carbocycles. The van der Waals surface area contributed by atoms with Gasteiger partial charge in [0.25, 0.3) is 5.91 Å². The van der Waals surface area contributed by atoms with Crippen molar-refractivity contribution in [2.45, 2.75) is 26.0 Å². The van der Waals surface area contributed by atoms with Gasteiger partial charge >= 0.3 is 0 Å². The molecular formula is C19H19N3O3S. The van der Waals surface area contributed by atoms with E-state index >= 15 is 0 Å². The van der Waals surface area contributed by atoms with Crippen LogP contribution in [0.25, 0.3) is 0 Å². The van der Waals surface area contributed by atoms with Crippen molar-refractivity contribution in [2.24, 2.45) is 0 Å². The molecule has 0 spiro atoms. The first-order valence-electron chi connectivity index (χ1n) is 8.06. The number of amides is 1. The molecule has 3 rings (SSSR count). The molecule has 0 aliphatic rings. The number of ether oxygens (including phenoxy) is 1. The minimum absolute atomic E-state index is 0.223. The average molecular weight is 369 g/mol. The van der Waals surface area contributed by atoms with E-state index in [0.29, 0.717) is 17.9 Å². The van der Waals surface area contributed by atoms with Gasteiger partial charge in [-0.25, -0.2) is 4.98 Å². The second kappa shape index (κ2) is 7.63. The average Bonchev–Trinajstić information content (AvgIpc) is 3.10. The number of pyridine rings is 2. The first-order valence-corrected chi connectivity index (χ1v) is 8.88. The van der Waals surface area contributed by atoms with Gasteiger partial charge in [-0.2, -0.15) is 0 Å². The van der Waals surface area contributed by atoms with Crippen LogP contribution in [0.4, 0.5) is 0 Å². The number of nitrogens with zero attached hydrogens (tertiary/aromatic N) is 2. The highest BCUT2D eigenvalue weighted by molar-refractivity contribution is 7.12. The summed E-state index contributed by atoms with van der Waals surface area (Å²) >= 11 is 1.46. The van der Waals surface area contributed by atoms with Gasteiger partial charge in [-0.15, -0.1) is 11.3 Å². The topological polar surface area (TPSA) is 84.3 Å². The number of carbonyl (C=O) groups is 1. The van der Waals surface area contributed by atoms with E-state index in [-0.39, 0.29) is 11.8 Å². The van der Waals surface area contributed by atoms with Crippen LogP contribution in [-0.4, -0.2) is 21.0 Å². The van der Waals surface area contributed by atoms with E-state index in [9.17, 15) is 9.90 Å². The van der Waals surface area contributed by atoms with Gasteiger partial charge in [0.1, 0.15) is 11.3 Å². The fraction of sp³-hybridized carbons (Fsp3) is 0.211. The van der Waals surface area contributed by atoms with Crippen molar-refractivity contribution in [1.82, 2.24) is 15.3 Å². The van der Waals surface area contributed by atoms with Gasteiger partial charge in [-0.05, 0) is 50.2 Å². The molecule has 0 saturated heterocycles. The van der Waals surface area contributed by atoms with E-state index in [4.69, 9.17) is 4.74 Å². The van der Waals surface area contributed by atoms with Crippen LogP contribution in [0.1, 0.15) is 34.0 Å². The minimum atomic E-state index is -0.888. The summed E-state index contributed by atoms with van der Waals surface area (Å²) in [5.74, 6) is 0.449. The fourth-order valence-electron chi connectivity index (χ4n) is 2.23. The van der Waals surface area contributed by atoms with E-state index in [2.05, 4.69) is 15.3 Å². The Morgan fingerprint density at radius 2 is 2.04 bits per heavy atom. The standard InChI is InChI=1S/C19H19N3O3S/c1-19(2,24)16-8-7-14(26-16)12-22-17(23)15-6-4-10-21-18(15)25-13-5-3-9-20-11-13/h3-11,24H,12H2,1-2H3,(H,22,23). The van der Waals surface area contributed by atoms with E-state index < -0.39 is 5.60 Å². The summed E-state index contributed by atoms with van der Waals surface area (Å²) in [5.41, 5.74) is -0.545. The summed E-state index contributed by atoms with van der Waals surface area (Å²) in [7, 11) is 0. The first kappa shape index (κ1) is 18.0. The van der Waals surface area contributed by atoms with E-state index in [1.807, 2.05) is 12.1 Å². The van der Waals surface area contributed by atoms with Crippen LogP contribution in [-0.2, 0) is 12.1 Å². The highest BCUT2D eigenvalue weighted by atomic mass is 32.1. The molecule has 0 bridgehead atoms. The predicted octanol–water partition coefficient (Wildman–Crippen LogP) is 3.49. The highest BCUT2D eigenvalue weighted by Crippen LogP contribution is 2.28. The molecule has 3 aromatic heterocycles. The Hall–Kier alpha value is -2.77. The van der Waals surface area contributed by atoms with Crippen molar-refractivity contribution in [1.29, 1.82) is 0 Å². The van der Waals surface area contributed by atoms with Crippen LogP contribution in [0, 0.1) is 0 Å². The zero-order valence-electron chi connectivity index (χ0n) is 14.5. The molecule has 3 heterocycles. The van der Waals surface area contributed by atoms with Crippen molar-refractivity contribution in [3.63, 3.8) is 0 Å². The van der Waals surface area contributed by atoms with Crippen molar-refractivity contribution >= 4 is 17.2 Å². The summed E-state index contributed by atoms with van der Waals surface area (Å²) in [4.78, 5) is 22.5. The van der Waals surface area contributed by atoms with Gasteiger partial charge in [0.15, 0.2) is 0 Å². The molecule has 7 heteroatoms. The third kappa shape index (κ3) is 4.44. The Morgan fingerprint density at radius 1 is 1.23 bits per heavy atom. The Kier molecular flexibility index (Phi) is 5.29. The number of carbonyl (C=O) groups excluding carboxylic acids is 1. The quantitative estimate of drug-likeness (QED) is 0.695. The van der Waals surface area contributed by atoms with Crippen LogP contribution in [0.5, 0.6) is 11.6 Å². The summed E-state index contributed by atoms with van der Waals surface area (Å²) in [5, 5.41) is 12.9. The summed E-state index contributed by atoms with van der Waals surface area (Å²) < 4.78 is 5.67. The van der Waals surface area contributed by atoms with Gasteiger partial charge in [0, 0.05) is 22.1 Å². The number of aromatic nitrogens is 2. The second-order valence-electron chi connectivity index (χ2n) is 6.15. The maximum atomic E-state index is 12.5. The predicted molar refractivity (Wildman–Crippen MR) is 99.3 cm³/mol. The lowest BCUT2D eigenvalue weighted by molar-refractivity contribution is 0.0825. The fourth-order valence-corrected chi connectivity index (χ4v) is 3.18. The third-order valence-corrected chi connectivity index (χ3v) is 4.95. The van der Waals surface area contributed by atoms with Crippen molar-refractivity contribution in [3.8, 4) is 11.6 Å². The van der Waals surface area contributed by atoms with E-state index in [1.165, 1.54) is 11.3 Å². The summed E-state index contributed by atoms with van der Waals surface area (Å²) in [6, 6.07) is 10.6. The Morgan fingerprint density at radius 3 is 2.73 bits per heavy atom. The molecule has 0 fully saturated rings. The molecule has 0 saturated carbocycles. The van der Waals surface area contributed by atoms with E-state index in [1.54, 1.807) is 56.7 Å². The third-order valence-electron chi connectivity index (χ3n) is 3.55. The normalized spacial score (nSPS) is 11.2. The van der Waals surface area contributed by atoms with Crippen LogP contribution in [0.3, 0.4) is 0 Å². The molecule has 3 aromatic rings. The Balaban J connectivity index is 1.69. The highest BCUT2D eigenvalue weighted by Gasteiger charge is 2.19. The number of hydrogen-bond acceptors (Lipinski definition) is 6. The molecule has 1 amide bonds. The number of aliphatic hydroxyl groups is 1. The van der Waals surface area contributed by atoms with Gasteiger partial charge in [-0.1, -0.05) is 0 Å². The van der Waals surface area contributed by atoms with Gasteiger partial charge in [0.05, 0.1) is 18.3 Å². The smallest absolute Gasteiger partial charge is 0.257 e. The summed E-state index contributed by atoms with van der Waals surface area (Å²) in [6.07, 6.45) is 4.76. The molecule has 26 heavy (non-hydrogen) atoms. The Bertz CT molecular complexity index is 888. The van der Waals surface area contributed by atoms with Crippen LogP contribution in [0.15, 0.2) is 55.0 Å². The molecule has 134 valence electrons. The number of nitrogens with one attached hydrogen (secondary N) is 1. The van der Waals surface area contributed by atoms with Crippen molar-refractivity contribution < 1.29 is 14.6 Å².